The van der Waals surface area contributed by atoms with Crippen LogP contribution in [-0.2, 0) is 6.42 Å². The highest BCUT2D eigenvalue weighted by molar-refractivity contribution is 4.74. The van der Waals surface area contributed by atoms with Gasteiger partial charge in [0.25, 0.3) is 0 Å². The van der Waals surface area contributed by atoms with Crippen LogP contribution in [0.15, 0.2) is 6.30 Å². The number of nitrogens with zero attached hydrogens (tertiary/aromatic N) is 4. The summed E-state index contributed by atoms with van der Waals surface area (Å²) in [7, 11) is 0. The standard InChI is InChI=1S/C5H8N4/c1-2-3-5-8-6-4-7-9-5/h4H,2-3H2,1H3/i4D. The van der Waals surface area contributed by atoms with Crippen LogP contribution in [0.1, 0.15) is 20.5 Å². The molecule has 0 atom stereocenters. The molecule has 0 saturated carbocycles. The van der Waals surface area contributed by atoms with Gasteiger partial charge in [-0.1, -0.05) is 6.92 Å². The molecular formula is C5H8N4. The zero-order chi connectivity index (χ0) is 7.40. The van der Waals surface area contributed by atoms with Gasteiger partial charge in [-0.15, -0.1) is 20.4 Å². The first-order chi connectivity index (χ1) is 4.83. The third-order valence-electron chi connectivity index (χ3n) is 0.894. The van der Waals surface area contributed by atoms with E-state index in [1.807, 2.05) is 6.92 Å². The van der Waals surface area contributed by atoms with E-state index in [0.29, 0.717) is 5.82 Å². The fourth-order valence-corrected chi connectivity index (χ4v) is 0.524. The molecule has 0 amide bonds. The predicted molar refractivity (Wildman–Crippen MR) is 31.6 cm³/mol. The van der Waals surface area contributed by atoms with Crippen molar-refractivity contribution in [2.75, 3.05) is 0 Å². The second-order valence-electron chi connectivity index (χ2n) is 1.67. The zero-order valence-corrected chi connectivity index (χ0v) is 5.20. The van der Waals surface area contributed by atoms with Gasteiger partial charge >= 0.3 is 0 Å². The van der Waals surface area contributed by atoms with Crippen molar-refractivity contribution in [2.24, 2.45) is 0 Å². The van der Waals surface area contributed by atoms with Gasteiger partial charge in [-0.05, 0) is 6.42 Å². The molecule has 0 bridgehead atoms. The van der Waals surface area contributed by atoms with Gasteiger partial charge in [0.15, 0.2) is 12.1 Å². The Morgan fingerprint density at radius 3 is 2.78 bits per heavy atom. The fraction of sp³-hybridized carbons (Fsp3) is 0.600. The molecule has 1 rings (SSSR count). The lowest BCUT2D eigenvalue weighted by molar-refractivity contribution is 0.730. The lowest BCUT2D eigenvalue weighted by atomic mass is 10.3. The zero-order valence-electron chi connectivity index (χ0n) is 6.20. The molecule has 1 heterocycles. The topological polar surface area (TPSA) is 51.6 Å². The summed E-state index contributed by atoms with van der Waals surface area (Å²) in [5.74, 6) is 0.610. The van der Waals surface area contributed by atoms with Crippen LogP contribution in [0, 0.1) is 0 Å². The van der Waals surface area contributed by atoms with Crippen molar-refractivity contribution in [3.63, 3.8) is 0 Å². The van der Waals surface area contributed by atoms with Crippen LogP contribution >= 0.6 is 0 Å². The van der Waals surface area contributed by atoms with E-state index in [9.17, 15) is 0 Å². The highest BCUT2D eigenvalue weighted by atomic mass is 15.3. The Morgan fingerprint density at radius 2 is 2.22 bits per heavy atom. The minimum absolute atomic E-state index is 0.125. The molecule has 0 aliphatic heterocycles. The van der Waals surface area contributed by atoms with Crippen LogP contribution in [0.2, 0.25) is 0 Å². The monoisotopic (exact) mass is 125 g/mol. The second kappa shape index (κ2) is 3.06. The lowest BCUT2D eigenvalue weighted by Gasteiger charge is -1.88. The van der Waals surface area contributed by atoms with Crippen molar-refractivity contribution in [1.82, 2.24) is 20.4 Å². The van der Waals surface area contributed by atoms with Crippen molar-refractivity contribution < 1.29 is 1.37 Å². The van der Waals surface area contributed by atoms with E-state index < -0.39 is 0 Å². The Kier molecular flexibility index (Phi) is 1.63. The maximum absolute atomic E-state index is 6.88. The predicted octanol–water partition coefficient (Wildman–Crippen LogP) is 0.219. The molecule has 48 valence electrons. The Bertz CT molecular complexity index is 197. The molecule has 1 aromatic rings. The smallest absolute Gasteiger partial charge is 0.135 e. The maximum atomic E-state index is 6.88. The first kappa shape index (κ1) is 4.78. The number of rotatable bonds is 2. The summed E-state index contributed by atoms with van der Waals surface area (Å²) in [5.41, 5.74) is 0. The van der Waals surface area contributed by atoms with Crippen LogP contribution in [0.5, 0.6) is 0 Å². The summed E-state index contributed by atoms with van der Waals surface area (Å²) in [6.45, 7) is 2.03. The van der Waals surface area contributed by atoms with Gasteiger partial charge in [0.2, 0.25) is 0 Å². The molecule has 0 N–H and O–H groups in total. The molecule has 0 unspecified atom stereocenters. The van der Waals surface area contributed by atoms with Gasteiger partial charge in [0.1, 0.15) is 1.37 Å². The van der Waals surface area contributed by atoms with Gasteiger partial charge in [0, 0.05) is 6.42 Å². The third-order valence-corrected chi connectivity index (χ3v) is 0.894. The van der Waals surface area contributed by atoms with Crippen molar-refractivity contribution in [3.05, 3.63) is 12.1 Å². The van der Waals surface area contributed by atoms with Gasteiger partial charge in [-0.2, -0.15) is 0 Å². The molecule has 1 aromatic heterocycles. The first-order valence-electron chi connectivity index (χ1n) is 3.36. The summed E-state index contributed by atoms with van der Waals surface area (Å²) in [4.78, 5) is 0. The summed E-state index contributed by atoms with van der Waals surface area (Å²) >= 11 is 0. The minimum atomic E-state index is -0.125. The number of aromatic nitrogens is 4. The van der Waals surface area contributed by atoms with Crippen molar-refractivity contribution in [1.29, 1.82) is 0 Å². The molecule has 4 nitrogen and oxygen atoms in total. The maximum Gasteiger partial charge on any atom is 0.173 e. The van der Waals surface area contributed by atoms with E-state index >= 15 is 0 Å². The molecule has 0 aromatic carbocycles. The van der Waals surface area contributed by atoms with E-state index in [2.05, 4.69) is 20.4 Å². The highest BCUT2D eigenvalue weighted by Gasteiger charge is 1.90. The molecular weight excluding hydrogens is 116 g/mol. The molecule has 0 spiro atoms. The number of hydrogen-bond acceptors (Lipinski definition) is 4. The quantitative estimate of drug-likeness (QED) is 0.567. The molecule has 4 heteroatoms. The van der Waals surface area contributed by atoms with Crippen molar-refractivity contribution in [3.8, 4) is 0 Å². The largest absolute Gasteiger partial charge is 0.173 e. The summed E-state index contributed by atoms with van der Waals surface area (Å²) in [6.07, 6.45) is 1.63. The summed E-state index contributed by atoms with van der Waals surface area (Å²) in [6, 6.07) is 0. The second-order valence-corrected chi connectivity index (χ2v) is 1.67. The van der Waals surface area contributed by atoms with Crippen LogP contribution in [0.4, 0.5) is 0 Å². The first-order valence-corrected chi connectivity index (χ1v) is 2.86. The number of aryl methyl sites for hydroxylation is 1. The normalized spacial score (nSPS) is 11.0. The SMILES string of the molecule is [2H]c1nnc(CCC)nn1. The van der Waals surface area contributed by atoms with Gasteiger partial charge in [0.05, 0.1) is 0 Å². The molecule has 0 saturated heterocycles. The molecule has 0 aliphatic rings. The van der Waals surface area contributed by atoms with E-state index in [0.717, 1.165) is 12.8 Å². The Morgan fingerprint density at radius 1 is 1.56 bits per heavy atom. The van der Waals surface area contributed by atoms with Crippen LogP contribution < -0.4 is 0 Å². The summed E-state index contributed by atoms with van der Waals surface area (Å²) < 4.78 is 6.88. The van der Waals surface area contributed by atoms with Crippen molar-refractivity contribution >= 4 is 0 Å². The van der Waals surface area contributed by atoms with E-state index in [1.54, 1.807) is 0 Å². The lowest BCUT2D eigenvalue weighted by Crippen LogP contribution is -1.97. The van der Waals surface area contributed by atoms with E-state index in [4.69, 9.17) is 1.37 Å². The Labute approximate surface area is 54.7 Å². The average Bonchev–Trinajstić information content (AvgIpc) is 1.95. The Hall–Kier alpha value is -1.06. The molecule has 0 radical (unpaired) electrons. The van der Waals surface area contributed by atoms with Gasteiger partial charge in [-0.25, -0.2) is 0 Å². The number of hydrogen-bond donors (Lipinski definition) is 0. The van der Waals surface area contributed by atoms with Crippen LogP contribution in [0.25, 0.3) is 0 Å². The third kappa shape index (κ3) is 1.71. The van der Waals surface area contributed by atoms with E-state index in [1.165, 1.54) is 0 Å². The summed E-state index contributed by atoms with van der Waals surface area (Å²) in [5, 5.41) is 14.2. The highest BCUT2D eigenvalue weighted by Crippen LogP contribution is 1.87. The van der Waals surface area contributed by atoms with Crippen LogP contribution in [0.3, 0.4) is 0 Å². The molecule has 0 fully saturated rings. The van der Waals surface area contributed by atoms with Gasteiger partial charge < -0.3 is 0 Å². The molecule has 0 aliphatic carbocycles. The van der Waals surface area contributed by atoms with Crippen molar-refractivity contribution in [2.45, 2.75) is 19.8 Å². The van der Waals surface area contributed by atoms with E-state index in [-0.39, 0.29) is 6.30 Å². The average molecular weight is 125 g/mol. The van der Waals surface area contributed by atoms with Gasteiger partial charge in [-0.3, -0.25) is 0 Å². The molecule has 9 heavy (non-hydrogen) atoms. The fourth-order valence-electron chi connectivity index (χ4n) is 0.524. The minimum Gasteiger partial charge on any atom is -0.135 e. The van der Waals surface area contributed by atoms with Crippen LogP contribution in [-0.4, -0.2) is 20.4 Å². The Balaban J connectivity index is 2.69.